The van der Waals surface area contributed by atoms with E-state index in [0.717, 1.165) is 25.6 Å². The van der Waals surface area contributed by atoms with Crippen LogP contribution >= 0.6 is 0 Å². The average Bonchev–Trinajstić information content (AvgIpc) is 2.41. The Labute approximate surface area is 118 Å². The number of methoxy groups -OCH3 is 1. The molecule has 114 valence electrons. The first-order chi connectivity index (χ1) is 9.22. The molecule has 1 unspecified atom stereocenters. The van der Waals surface area contributed by atoms with Gasteiger partial charge in [0.25, 0.3) is 0 Å². The van der Waals surface area contributed by atoms with E-state index in [1.54, 1.807) is 7.11 Å². The molecule has 1 atom stereocenters. The first kappa shape index (κ1) is 16.9. The molecular weight excluding hydrogens is 240 g/mol. The fourth-order valence-electron chi connectivity index (χ4n) is 2.56. The third kappa shape index (κ3) is 8.58. The summed E-state index contributed by atoms with van der Waals surface area (Å²) in [6.07, 6.45) is 3.85. The lowest BCUT2D eigenvalue weighted by molar-refractivity contribution is 0.0623. The van der Waals surface area contributed by atoms with Crippen LogP contribution in [-0.2, 0) is 9.47 Å². The summed E-state index contributed by atoms with van der Waals surface area (Å²) < 4.78 is 10.5. The molecular formula is C15H32N2O2. The fraction of sp³-hybridized carbons (Fsp3) is 1.00. The first-order valence-electron chi connectivity index (χ1n) is 7.74. The van der Waals surface area contributed by atoms with Gasteiger partial charge in [0, 0.05) is 32.8 Å². The van der Waals surface area contributed by atoms with Gasteiger partial charge in [0.15, 0.2) is 0 Å². The third-order valence-electron chi connectivity index (χ3n) is 3.61. The number of likely N-dealkylation sites (tertiary alicyclic amines) is 1. The van der Waals surface area contributed by atoms with Gasteiger partial charge in [0.05, 0.1) is 13.2 Å². The molecule has 0 aromatic rings. The molecule has 1 rings (SSSR count). The van der Waals surface area contributed by atoms with Crippen LogP contribution in [0.2, 0.25) is 0 Å². The summed E-state index contributed by atoms with van der Waals surface area (Å²) in [5.74, 6) is 0.825. The lowest BCUT2D eigenvalue weighted by Crippen LogP contribution is -2.41. The molecule has 0 bridgehead atoms. The number of hydrogen-bond acceptors (Lipinski definition) is 4. The molecule has 0 aromatic carbocycles. The van der Waals surface area contributed by atoms with E-state index >= 15 is 0 Å². The van der Waals surface area contributed by atoms with E-state index in [2.05, 4.69) is 24.1 Å². The number of nitrogens with one attached hydrogen (secondary N) is 1. The third-order valence-corrected chi connectivity index (χ3v) is 3.61. The summed E-state index contributed by atoms with van der Waals surface area (Å²) in [5, 5.41) is 3.56. The van der Waals surface area contributed by atoms with Crippen molar-refractivity contribution in [2.24, 2.45) is 5.92 Å². The Morgan fingerprint density at radius 1 is 1.26 bits per heavy atom. The second-order valence-electron chi connectivity index (χ2n) is 5.83. The van der Waals surface area contributed by atoms with E-state index in [9.17, 15) is 0 Å². The molecule has 1 fully saturated rings. The van der Waals surface area contributed by atoms with Crippen LogP contribution in [0.1, 0.15) is 33.1 Å². The summed E-state index contributed by atoms with van der Waals surface area (Å²) in [5.41, 5.74) is 0. The number of ether oxygens (including phenoxy) is 2. The van der Waals surface area contributed by atoms with Crippen LogP contribution in [0.3, 0.4) is 0 Å². The van der Waals surface area contributed by atoms with Crippen molar-refractivity contribution in [2.45, 2.75) is 39.2 Å². The van der Waals surface area contributed by atoms with Gasteiger partial charge in [-0.1, -0.05) is 13.8 Å². The molecule has 4 heteroatoms. The van der Waals surface area contributed by atoms with Gasteiger partial charge in [-0.2, -0.15) is 0 Å². The fourth-order valence-corrected chi connectivity index (χ4v) is 2.56. The Balaban J connectivity index is 2.03. The minimum Gasteiger partial charge on any atom is -0.382 e. The zero-order valence-electron chi connectivity index (χ0n) is 13.0. The summed E-state index contributed by atoms with van der Waals surface area (Å²) >= 11 is 0. The maximum Gasteiger partial charge on any atom is 0.0700 e. The van der Waals surface area contributed by atoms with Crippen molar-refractivity contribution < 1.29 is 9.47 Å². The van der Waals surface area contributed by atoms with Crippen LogP contribution < -0.4 is 5.32 Å². The van der Waals surface area contributed by atoms with Crippen molar-refractivity contribution in [3.05, 3.63) is 0 Å². The summed E-state index contributed by atoms with van der Waals surface area (Å²) in [4.78, 5) is 2.59. The Morgan fingerprint density at radius 3 is 2.84 bits per heavy atom. The van der Waals surface area contributed by atoms with Crippen LogP contribution in [0, 0.1) is 5.92 Å². The number of hydrogen-bond donors (Lipinski definition) is 1. The molecule has 0 amide bonds. The van der Waals surface area contributed by atoms with Crippen LogP contribution in [0.5, 0.6) is 0 Å². The maximum absolute atomic E-state index is 5.51. The van der Waals surface area contributed by atoms with Gasteiger partial charge in [-0.25, -0.2) is 0 Å². The number of piperidine rings is 1. The molecule has 19 heavy (non-hydrogen) atoms. The Bertz CT molecular complexity index is 212. The van der Waals surface area contributed by atoms with Crippen molar-refractivity contribution in [2.75, 3.05) is 53.1 Å². The largest absolute Gasteiger partial charge is 0.382 e. The van der Waals surface area contributed by atoms with Gasteiger partial charge in [-0.05, 0) is 38.3 Å². The predicted octanol–water partition coefficient (Wildman–Crippen LogP) is 1.75. The molecule has 1 aliphatic heterocycles. The minimum absolute atomic E-state index is 0.601. The van der Waals surface area contributed by atoms with Gasteiger partial charge in [0.2, 0.25) is 0 Å². The van der Waals surface area contributed by atoms with E-state index < -0.39 is 0 Å². The molecule has 4 nitrogen and oxygen atoms in total. The second-order valence-corrected chi connectivity index (χ2v) is 5.83. The van der Waals surface area contributed by atoms with Crippen molar-refractivity contribution in [1.29, 1.82) is 0 Å². The highest BCUT2D eigenvalue weighted by Gasteiger charge is 2.19. The van der Waals surface area contributed by atoms with Crippen molar-refractivity contribution in [1.82, 2.24) is 10.2 Å². The number of nitrogens with zero attached hydrogens (tertiary/aromatic N) is 1. The van der Waals surface area contributed by atoms with Gasteiger partial charge in [-0.15, -0.1) is 0 Å². The summed E-state index contributed by atoms with van der Waals surface area (Å²) in [6, 6.07) is 0.601. The van der Waals surface area contributed by atoms with E-state index in [1.807, 2.05) is 0 Å². The average molecular weight is 272 g/mol. The van der Waals surface area contributed by atoms with Crippen molar-refractivity contribution >= 4 is 0 Å². The standard InChI is InChI=1S/C15H32N2O2/c1-14(2)16-12-15-6-4-7-17(13-15)8-5-9-19-11-10-18-3/h14-16H,4-13H2,1-3H3. The van der Waals surface area contributed by atoms with Gasteiger partial charge >= 0.3 is 0 Å². The monoisotopic (exact) mass is 272 g/mol. The normalized spacial score (nSPS) is 21.2. The smallest absolute Gasteiger partial charge is 0.0700 e. The van der Waals surface area contributed by atoms with Crippen molar-refractivity contribution in [3.63, 3.8) is 0 Å². The van der Waals surface area contributed by atoms with Crippen LogP contribution in [-0.4, -0.2) is 64.1 Å². The topological polar surface area (TPSA) is 33.7 Å². The SMILES string of the molecule is COCCOCCCN1CCCC(CNC(C)C)C1. The molecule has 0 radical (unpaired) electrons. The van der Waals surface area contributed by atoms with E-state index in [-0.39, 0.29) is 0 Å². The molecule has 1 saturated heterocycles. The molecule has 1 N–H and O–H groups in total. The van der Waals surface area contributed by atoms with Gasteiger partial charge in [0.1, 0.15) is 0 Å². The Kier molecular flexibility index (Phi) is 9.43. The van der Waals surface area contributed by atoms with E-state index in [4.69, 9.17) is 9.47 Å². The molecule has 0 aliphatic carbocycles. The van der Waals surface area contributed by atoms with Gasteiger partial charge in [-0.3, -0.25) is 0 Å². The summed E-state index contributed by atoms with van der Waals surface area (Å²) in [6.45, 7) is 11.6. The molecule has 1 aliphatic rings. The Hall–Kier alpha value is -0.160. The van der Waals surface area contributed by atoms with Crippen molar-refractivity contribution in [3.8, 4) is 0 Å². The lowest BCUT2D eigenvalue weighted by atomic mass is 9.97. The Morgan fingerprint density at radius 2 is 2.11 bits per heavy atom. The molecule has 1 heterocycles. The van der Waals surface area contributed by atoms with Crippen LogP contribution in [0.4, 0.5) is 0 Å². The van der Waals surface area contributed by atoms with Crippen LogP contribution in [0.25, 0.3) is 0 Å². The zero-order valence-corrected chi connectivity index (χ0v) is 13.0. The summed E-state index contributed by atoms with van der Waals surface area (Å²) in [7, 11) is 1.71. The first-order valence-corrected chi connectivity index (χ1v) is 7.74. The highest BCUT2D eigenvalue weighted by Crippen LogP contribution is 2.16. The van der Waals surface area contributed by atoms with E-state index in [0.29, 0.717) is 12.6 Å². The van der Waals surface area contributed by atoms with E-state index in [1.165, 1.54) is 39.0 Å². The maximum atomic E-state index is 5.51. The highest BCUT2D eigenvalue weighted by atomic mass is 16.5. The lowest BCUT2D eigenvalue weighted by Gasteiger charge is -2.33. The molecule has 0 spiro atoms. The van der Waals surface area contributed by atoms with Gasteiger partial charge < -0.3 is 19.7 Å². The molecule has 0 saturated carbocycles. The predicted molar refractivity (Wildman–Crippen MR) is 79.6 cm³/mol. The highest BCUT2D eigenvalue weighted by molar-refractivity contribution is 4.75. The molecule has 0 aromatic heterocycles. The van der Waals surface area contributed by atoms with Crippen LogP contribution in [0.15, 0.2) is 0 Å². The minimum atomic E-state index is 0.601. The zero-order chi connectivity index (χ0) is 13.9. The quantitative estimate of drug-likeness (QED) is 0.614. The second kappa shape index (κ2) is 10.6. The number of rotatable bonds is 10.